The molecular formula is C18H18F2O2. The zero-order valence-electron chi connectivity index (χ0n) is 12.6. The van der Waals surface area contributed by atoms with Crippen LogP contribution >= 0.6 is 0 Å². The first kappa shape index (κ1) is 16.1. The number of hydrogen-bond acceptors (Lipinski definition) is 2. The fraction of sp³-hybridized carbons (Fsp3) is 0.278. The van der Waals surface area contributed by atoms with Gasteiger partial charge in [-0.15, -0.1) is 0 Å². The van der Waals surface area contributed by atoms with Gasteiger partial charge in [0.15, 0.2) is 0 Å². The molecule has 2 nitrogen and oxygen atoms in total. The summed E-state index contributed by atoms with van der Waals surface area (Å²) in [6.45, 7) is 3.65. The minimum absolute atomic E-state index is 0.133. The van der Waals surface area contributed by atoms with Crippen LogP contribution in [0.2, 0.25) is 0 Å². The second-order valence-corrected chi connectivity index (χ2v) is 5.44. The molecule has 0 aromatic heterocycles. The van der Waals surface area contributed by atoms with Crippen molar-refractivity contribution >= 4 is 5.97 Å². The monoisotopic (exact) mass is 304 g/mol. The smallest absolute Gasteiger partial charge is 0.308 e. The lowest BCUT2D eigenvalue weighted by atomic mass is 9.92. The second-order valence-electron chi connectivity index (χ2n) is 5.44. The van der Waals surface area contributed by atoms with Gasteiger partial charge in [-0.05, 0) is 35.4 Å². The molecule has 116 valence electrons. The van der Waals surface area contributed by atoms with Gasteiger partial charge in [-0.2, -0.15) is 0 Å². The number of benzene rings is 2. The van der Waals surface area contributed by atoms with Crippen molar-refractivity contribution < 1.29 is 18.3 Å². The van der Waals surface area contributed by atoms with Gasteiger partial charge >= 0.3 is 5.97 Å². The van der Waals surface area contributed by atoms with Gasteiger partial charge < -0.3 is 4.74 Å². The van der Waals surface area contributed by atoms with Gasteiger partial charge in [-0.25, -0.2) is 8.78 Å². The predicted octanol–water partition coefficient (Wildman–Crippen LogP) is 4.30. The van der Waals surface area contributed by atoms with Crippen LogP contribution in [0.3, 0.4) is 0 Å². The van der Waals surface area contributed by atoms with E-state index < -0.39 is 0 Å². The van der Waals surface area contributed by atoms with Gasteiger partial charge in [0.25, 0.3) is 0 Å². The Labute approximate surface area is 128 Å². The number of hydrogen-bond donors (Lipinski definition) is 0. The first-order valence-corrected chi connectivity index (χ1v) is 7.15. The molecule has 0 bridgehead atoms. The van der Waals surface area contributed by atoms with Crippen molar-refractivity contribution in [1.29, 1.82) is 0 Å². The van der Waals surface area contributed by atoms with Crippen molar-refractivity contribution in [3.63, 3.8) is 0 Å². The Morgan fingerprint density at radius 1 is 0.909 bits per heavy atom. The molecule has 0 heterocycles. The van der Waals surface area contributed by atoms with Gasteiger partial charge in [-0.3, -0.25) is 4.79 Å². The van der Waals surface area contributed by atoms with Gasteiger partial charge in [0.1, 0.15) is 18.2 Å². The molecule has 2 aromatic carbocycles. The lowest BCUT2D eigenvalue weighted by Gasteiger charge is -2.19. The molecule has 0 N–H and O–H groups in total. The summed E-state index contributed by atoms with van der Waals surface area (Å²) in [5.74, 6) is -1.44. The third kappa shape index (κ3) is 4.13. The minimum Gasteiger partial charge on any atom is -0.464 e. The molecule has 0 saturated heterocycles. The average molecular weight is 304 g/mol. The Morgan fingerprint density at radius 2 is 1.32 bits per heavy atom. The molecule has 0 unspecified atom stereocenters. The Kier molecular flexibility index (Phi) is 5.26. The number of halogens is 2. The molecule has 0 amide bonds. The molecule has 0 atom stereocenters. The van der Waals surface area contributed by atoms with E-state index in [0.29, 0.717) is 0 Å². The molecular weight excluding hydrogens is 286 g/mol. The Balaban J connectivity index is 2.25. The third-order valence-electron chi connectivity index (χ3n) is 3.41. The van der Waals surface area contributed by atoms with Crippen LogP contribution in [0, 0.1) is 17.6 Å². The van der Waals surface area contributed by atoms with Crippen LogP contribution in [0.15, 0.2) is 48.5 Å². The summed E-state index contributed by atoms with van der Waals surface area (Å²) in [6.07, 6.45) is 0. The summed E-state index contributed by atoms with van der Waals surface area (Å²) in [6, 6.07) is 12.0. The molecule has 0 aliphatic heterocycles. The predicted molar refractivity (Wildman–Crippen MR) is 80.4 cm³/mol. The Morgan fingerprint density at radius 3 is 1.68 bits per heavy atom. The van der Waals surface area contributed by atoms with Crippen molar-refractivity contribution in [3.8, 4) is 0 Å². The van der Waals surface area contributed by atoms with Crippen molar-refractivity contribution in [2.24, 2.45) is 5.92 Å². The molecule has 0 aliphatic carbocycles. The second kappa shape index (κ2) is 7.16. The van der Waals surface area contributed by atoms with Crippen molar-refractivity contribution in [1.82, 2.24) is 0 Å². The quantitative estimate of drug-likeness (QED) is 0.770. The van der Waals surface area contributed by atoms with Crippen LogP contribution in [0.4, 0.5) is 8.78 Å². The SMILES string of the molecule is CC(C)C(=O)OCC(c1ccc(F)cc1)c1ccc(F)cc1. The lowest BCUT2D eigenvalue weighted by molar-refractivity contribution is -0.147. The third-order valence-corrected chi connectivity index (χ3v) is 3.41. The Hall–Kier alpha value is -2.23. The average Bonchev–Trinajstić information content (AvgIpc) is 2.50. The van der Waals surface area contributed by atoms with Crippen LogP contribution < -0.4 is 0 Å². The highest BCUT2D eigenvalue weighted by atomic mass is 19.1. The van der Waals surface area contributed by atoms with Crippen molar-refractivity contribution in [3.05, 3.63) is 71.3 Å². The van der Waals surface area contributed by atoms with E-state index in [1.165, 1.54) is 24.3 Å². The van der Waals surface area contributed by atoms with Gasteiger partial charge in [0.2, 0.25) is 0 Å². The van der Waals surface area contributed by atoms with Crippen molar-refractivity contribution in [2.45, 2.75) is 19.8 Å². The maximum Gasteiger partial charge on any atom is 0.308 e. The van der Waals surface area contributed by atoms with Crippen LogP contribution in [0.1, 0.15) is 30.9 Å². The maximum absolute atomic E-state index is 13.1. The van der Waals surface area contributed by atoms with E-state index in [2.05, 4.69) is 0 Å². The summed E-state index contributed by atoms with van der Waals surface area (Å²) in [7, 11) is 0. The lowest BCUT2D eigenvalue weighted by Crippen LogP contribution is -2.17. The molecule has 22 heavy (non-hydrogen) atoms. The molecule has 4 heteroatoms. The fourth-order valence-corrected chi connectivity index (χ4v) is 2.11. The van der Waals surface area contributed by atoms with E-state index in [0.717, 1.165) is 11.1 Å². The zero-order valence-corrected chi connectivity index (χ0v) is 12.6. The fourth-order valence-electron chi connectivity index (χ4n) is 2.11. The number of esters is 1. The standard InChI is InChI=1S/C18H18F2O2/c1-12(2)18(21)22-11-17(13-3-7-15(19)8-4-13)14-5-9-16(20)10-6-14/h3-10,12,17H,11H2,1-2H3. The van der Waals surface area contributed by atoms with E-state index in [4.69, 9.17) is 4.74 Å². The highest BCUT2D eigenvalue weighted by molar-refractivity contribution is 5.71. The molecule has 0 spiro atoms. The van der Waals surface area contributed by atoms with E-state index >= 15 is 0 Å². The molecule has 2 rings (SSSR count). The summed E-state index contributed by atoms with van der Waals surface area (Å²) in [4.78, 5) is 11.7. The highest BCUT2D eigenvalue weighted by Crippen LogP contribution is 2.26. The molecule has 0 radical (unpaired) electrons. The summed E-state index contributed by atoms with van der Waals surface area (Å²) >= 11 is 0. The van der Waals surface area contributed by atoms with Crippen LogP contribution in [-0.4, -0.2) is 12.6 Å². The van der Waals surface area contributed by atoms with E-state index in [1.807, 2.05) is 0 Å². The molecule has 2 aromatic rings. The zero-order chi connectivity index (χ0) is 16.1. The molecule has 0 aliphatic rings. The Bertz CT molecular complexity index is 573. The van der Waals surface area contributed by atoms with Crippen LogP contribution in [-0.2, 0) is 9.53 Å². The summed E-state index contributed by atoms with van der Waals surface area (Å²) < 4.78 is 31.5. The molecule has 0 fully saturated rings. The van der Waals surface area contributed by atoms with E-state index in [1.54, 1.807) is 38.1 Å². The van der Waals surface area contributed by atoms with Crippen LogP contribution in [0.25, 0.3) is 0 Å². The number of rotatable bonds is 5. The first-order chi connectivity index (χ1) is 10.5. The highest BCUT2D eigenvalue weighted by Gasteiger charge is 2.18. The largest absolute Gasteiger partial charge is 0.464 e. The van der Waals surface area contributed by atoms with Gasteiger partial charge in [0.05, 0.1) is 5.92 Å². The number of carbonyl (C=O) groups is 1. The van der Waals surface area contributed by atoms with E-state index in [9.17, 15) is 13.6 Å². The maximum atomic E-state index is 13.1. The van der Waals surface area contributed by atoms with Crippen LogP contribution in [0.5, 0.6) is 0 Å². The van der Waals surface area contributed by atoms with Gasteiger partial charge in [0, 0.05) is 5.92 Å². The summed E-state index contributed by atoms with van der Waals surface area (Å²) in [5.41, 5.74) is 1.62. The minimum atomic E-state index is -0.333. The normalized spacial score (nSPS) is 11.0. The molecule has 0 saturated carbocycles. The number of ether oxygens (including phenoxy) is 1. The topological polar surface area (TPSA) is 26.3 Å². The summed E-state index contributed by atoms with van der Waals surface area (Å²) in [5, 5.41) is 0. The van der Waals surface area contributed by atoms with E-state index in [-0.39, 0.29) is 36.0 Å². The van der Waals surface area contributed by atoms with Crippen molar-refractivity contribution in [2.75, 3.05) is 6.61 Å². The number of carbonyl (C=O) groups excluding carboxylic acids is 1. The van der Waals surface area contributed by atoms with Gasteiger partial charge in [-0.1, -0.05) is 38.1 Å². The first-order valence-electron chi connectivity index (χ1n) is 7.15.